The molecule has 2 aliphatic heterocycles. The predicted octanol–water partition coefficient (Wildman–Crippen LogP) is 2.64. The lowest BCUT2D eigenvalue weighted by atomic mass is 9.90. The average molecular weight is 397 g/mol. The largest absolute Gasteiger partial charge is 0.740 e. The highest BCUT2D eigenvalue weighted by Gasteiger charge is 2.42. The quantitative estimate of drug-likeness (QED) is 0.604. The van der Waals surface area contributed by atoms with Crippen LogP contribution in [0.4, 0.5) is 16.4 Å². The zero-order chi connectivity index (χ0) is 19.3. The maximum atomic E-state index is 13.1. The van der Waals surface area contributed by atoms with Gasteiger partial charge in [0.2, 0.25) is 11.6 Å². The van der Waals surface area contributed by atoms with Gasteiger partial charge in [-0.1, -0.05) is 11.9 Å². The number of anilines is 2. The van der Waals surface area contributed by atoms with Crippen molar-refractivity contribution in [3.05, 3.63) is 17.1 Å². The van der Waals surface area contributed by atoms with Crippen molar-refractivity contribution < 1.29 is 19.0 Å². The topological polar surface area (TPSA) is 90.6 Å². The van der Waals surface area contributed by atoms with Crippen molar-refractivity contribution in [2.24, 2.45) is 0 Å². The van der Waals surface area contributed by atoms with Crippen LogP contribution in [0.2, 0.25) is 0 Å². The summed E-state index contributed by atoms with van der Waals surface area (Å²) in [5.74, 6) is 3.19. The third-order valence-corrected chi connectivity index (χ3v) is 6.01. The van der Waals surface area contributed by atoms with E-state index in [2.05, 4.69) is 10.2 Å². The van der Waals surface area contributed by atoms with Crippen LogP contribution in [0.15, 0.2) is 6.07 Å². The molecule has 0 saturated carbocycles. The number of hydrogen-bond acceptors (Lipinski definition) is 7. The first kappa shape index (κ1) is 20.0. The second kappa shape index (κ2) is 8.97. The molecule has 1 unspecified atom stereocenters. The van der Waals surface area contributed by atoms with E-state index in [9.17, 15) is 10.0 Å². The van der Waals surface area contributed by atoms with Gasteiger partial charge < -0.3 is 19.6 Å². The molecule has 1 aromatic heterocycles. The third kappa shape index (κ3) is 4.40. The van der Waals surface area contributed by atoms with Gasteiger partial charge in [0, 0.05) is 31.2 Å². The van der Waals surface area contributed by atoms with Crippen LogP contribution in [0.3, 0.4) is 0 Å². The van der Waals surface area contributed by atoms with Gasteiger partial charge in [-0.15, -0.1) is 0 Å². The number of hydrogen-bond donors (Lipinski definition) is 1. The molecule has 1 N–H and O–H groups in total. The van der Waals surface area contributed by atoms with Gasteiger partial charge >= 0.3 is 6.09 Å². The van der Waals surface area contributed by atoms with Crippen molar-refractivity contribution in [2.75, 3.05) is 48.0 Å². The van der Waals surface area contributed by atoms with E-state index in [1.54, 1.807) is 13.0 Å². The van der Waals surface area contributed by atoms with Crippen LogP contribution in [0.25, 0.3) is 0 Å². The number of carbonyl (C=O) groups is 1. The normalized spacial score (nSPS) is 23.1. The highest BCUT2D eigenvalue weighted by atomic mass is 32.2. The van der Waals surface area contributed by atoms with E-state index in [0.29, 0.717) is 29.4 Å². The Kier molecular flexibility index (Phi) is 6.64. The molecule has 0 bridgehead atoms. The second-order valence-corrected chi connectivity index (χ2v) is 7.94. The molecule has 3 heterocycles. The minimum absolute atomic E-state index is 0.133. The molecule has 8 nitrogen and oxygen atoms in total. The summed E-state index contributed by atoms with van der Waals surface area (Å²) in [4.78, 5) is 18.8. The van der Waals surface area contributed by atoms with E-state index in [1.807, 2.05) is 18.7 Å². The molecule has 0 aliphatic carbocycles. The van der Waals surface area contributed by atoms with Gasteiger partial charge in [-0.05, 0) is 32.6 Å². The lowest BCUT2D eigenvalue weighted by molar-refractivity contribution is -0.613. The molecule has 2 fully saturated rings. The molecular formula is C18H28N4O4S. The number of nitrogens with one attached hydrogen (secondary N) is 1. The van der Waals surface area contributed by atoms with Gasteiger partial charge in [0.25, 0.3) is 5.82 Å². The highest BCUT2D eigenvalue weighted by Crippen LogP contribution is 2.37. The van der Waals surface area contributed by atoms with Gasteiger partial charge in [0.15, 0.2) is 5.60 Å². The van der Waals surface area contributed by atoms with E-state index in [4.69, 9.17) is 14.5 Å². The summed E-state index contributed by atoms with van der Waals surface area (Å²) >= 11 is 1.90. The molecule has 9 heteroatoms. The molecule has 1 aromatic rings. The van der Waals surface area contributed by atoms with Crippen LogP contribution in [0, 0.1) is 5.21 Å². The maximum absolute atomic E-state index is 13.1. The second-order valence-electron chi connectivity index (χ2n) is 6.72. The van der Waals surface area contributed by atoms with Crippen molar-refractivity contribution in [3.63, 3.8) is 0 Å². The van der Waals surface area contributed by atoms with E-state index in [-0.39, 0.29) is 12.4 Å². The first-order chi connectivity index (χ1) is 13.1. The fourth-order valence-electron chi connectivity index (χ4n) is 3.55. The number of thioether (sulfide) groups is 1. The van der Waals surface area contributed by atoms with Crippen molar-refractivity contribution in [1.82, 2.24) is 4.98 Å². The predicted molar refractivity (Wildman–Crippen MR) is 105 cm³/mol. The van der Waals surface area contributed by atoms with Crippen molar-refractivity contribution in [2.45, 2.75) is 45.1 Å². The number of carbonyl (C=O) groups excluding carboxylic acids is 1. The van der Waals surface area contributed by atoms with Crippen molar-refractivity contribution in [1.29, 1.82) is 0 Å². The summed E-state index contributed by atoms with van der Waals surface area (Å²) in [6.07, 6.45) is 2.73. The number of aromatic nitrogens is 2. The summed E-state index contributed by atoms with van der Waals surface area (Å²) in [5, 5.41) is 15.7. The zero-order valence-corrected chi connectivity index (χ0v) is 16.8. The fourth-order valence-corrected chi connectivity index (χ4v) is 4.45. The van der Waals surface area contributed by atoms with Gasteiger partial charge in [0.1, 0.15) is 0 Å². The molecule has 0 radical (unpaired) electrons. The van der Waals surface area contributed by atoms with E-state index in [0.717, 1.165) is 43.9 Å². The van der Waals surface area contributed by atoms with Gasteiger partial charge in [-0.3, -0.25) is 0 Å². The smallest absolute Gasteiger partial charge is 0.473 e. The molecule has 2 aliphatic rings. The van der Waals surface area contributed by atoms with Gasteiger partial charge in [0.05, 0.1) is 12.7 Å². The van der Waals surface area contributed by atoms with Crippen molar-refractivity contribution >= 4 is 29.5 Å². The van der Waals surface area contributed by atoms with Gasteiger partial charge in [-0.25, -0.2) is 14.8 Å². The van der Waals surface area contributed by atoms with E-state index >= 15 is 0 Å². The third-order valence-electron chi connectivity index (χ3n) is 5.07. The first-order valence-electron chi connectivity index (χ1n) is 9.65. The van der Waals surface area contributed by atoms with Gasteiger partial charge in [-0.2, -0.15) is 11.8 Å². The maximum Gasteiger partial charge on any atom is 0.473 e. The summed E-state index contributed by atoms with van der Waals surface area (Å²) in [5.41, 5.74) is -0.717. The monoisotopic (exact) mass is 396 g/mol. The summed E-state index contributed by atoms with van der Waals surface area (Å²) in [6.45, 7) is 6.30. The lowest BCUT2D eigenvalue weighted by Gasteiger charge is -2.36. The van der Waals surface area contributed by atoms with Crippen LogP contribution < -0.4 is 14.9 Å². The molecule has 2 saturated heterocycles. The molecule has 1 amide bonds. The Morgan fingerprint density at radius 3 is 2.85 bits per heavy atom. The van der Waals surface area contributed by atoms with Crippen LogP contribution in [0.5, 0.6) is 0 Å². The Labute approximate surface area is 164 Å². The zero-order valence-electron chi connectivity index (χ0n) is 16.0. The van der Waals surface area contributed by atoms with Crippen LogP contribution in [-0.2, 0) is 15.1 Å². The Hall–Kier alpha value is -1.74. The number of amides is 1. The number of nitrogens with zero attached hydrogens (tertiary/aromatic N) is 3. The molecule has 0 aromatic carbocycles. The number of ether oxygens (including phenoxy) is 2. The standard InChI is InChI=1S/C18H28N4O4S/c1-3-18(7-5-6-10-26-18)16-19-14(21-8-11-27-12-9-21)13-15(22(16)24)20-17(23)25-4-2/h13H,3-12H2,1-2H3,(H,20,23). The molecule has 3 rings (SSSR count). The molecular weight excluding hydrogens is 368 g/mol. The fraction of sp³-hybridized carbons (Fsp3) is 0.722. The Bertz CT molecular complexity index is 661. The minimum Gasteiger partial charge on any atom is -0.740 e. The molecule has 150 valence electrons. The summed E-state index contributed by atoms with van der Waals surface area (Å²) in [6, 6.07) is 1.63. The van der Waals surface area contributed by atoms with Crippen LogP contribution in [0.1, 0.15) is 45.4 Å². The van der Waals surface area contributed by atoms with E-state index < -0.39 is 11.7 Å². The molecule has 1 atom stereocenters. The SMILES string of the molecule is CCOC(=O)Nc1cc(N2CCSCC2)nc(C2(CC)CCCCO2)[n+]1[O-]. The number of rotatable bonds is 5. The molecule has 27 heavy (non-hydrogen) atoms. The summed E-state index contributed by atoms with van der Waals surface area (Å²) < 4.78 is 11.7. The van der Waals surface area contributed by atoms with E-state index in [1.165, 1.54) is 0 Å². The highest BCUT2D eigenvalue weighted by molar-refractivity contribution is 7.99. The minimum atomic E-state index is -0.717. The van der Waals surface area contributed by atoms with Crippen LogP contribution in [-0.4, -0.2) is 48.9 Å². The lowest BCUT2D eigenvalue weighted by Crippen LogP contribution is -2.49. The van der Waals surface area contributed by atoms with Crippen LogP contribution >= 0.6 is 11.8 Å². The Morgan fingerprint density at radius 2 is 2.22 bits per heavy atom. The molecule has 0 spiro atoms. The average Bonchev–Trinajstić information content (AvgIpc) is 2.71. The Balaban J connectivity index is 2.02. The Morgan fingerprint density at radius 1 is 1.44 bits per heavy atom. The first-order valence-corrected chi connectivity index (χ1v) is 10.8. The van der Waals surface area contributed by atoms with Crippen molar-refractivity contribution in [3.8, 4) is 0 Å². The summed E-state index contributed by atoms with van der Waals surface area (Å²) in [7, 11) is 0.